The number of carbonyl (C=O) groups is 1. The first-order chi connectivity index (χ1) is 22.2. The van der Waals surface area contributed by atoms with Crippen LogP contribution in [0.15, 0.2) is 53.4 Å². The highest BCUT2D eigenvalue weighted by molar-refractivity contribution is 5.78. The van der Waals surface area contributed by atoms with Crippen molar-refractivity contribution in [3.63, 3.8) is 0 Å². The molecule has 47 heavy (non-hydrogen) atoms. The summed E-state index contributed by atoms with van der Waals surface area (Å²) in [5.74, 6) is 6.17. The predicted octanol–water partition coefficient (Wildman–Crippen LogP) is 3.29. The van der Waals surface area contributed by atoms with Gasteiger partial charge in [0, 0.05) is 44.8 Å². The first-order valence-corrected chi connectivity index (χ1v) is 16.6. The van der Waals surface area contributed by atoms with E-state index in [9.17, 15) is 18.0 Å². The number of rotatable bonds is 10. The molecule has 0 aromatic carbocycles. The third-order valence-electron chi connectivity index (χ3n) is 9.48. The maximum absolute atomic E-state index is 13.6. The van der Waals surface area contributed by atoms with E-state index in [4.69, 9.17) is 5.73 Å². The van der Waals surface area contributed by atoms with Crippen LogP contribution < -0.4 is 16.4 Å². The predicted molar refractivity (Wildman–Crippen MR) is 179 cm³/mol. The lowest BCUT2D eigenvalue weighted by Crippen LogP contribution is -2.48. The summed E-state index contributed by atoms with van der Waals surface area (Å²) in [7, 11) is 4.19. The SMILES string of the molecule is CN(C)C1CCN(CC(=O)N2CCC(NCC3=CCC4C(=C3)C=C(C#CCNc3ccc(C(C)(C)N)nc3)N4CC(F)(F)F)CC2)C1. The van der Waals surface area contributed by atoms with E-state index in [1.54, 1.807) is 12.3 Å². The molecule has 5 rings (SSSR count). The summed E-state index contributed by atoms with van der Waals surface area (Å²) in [6.45, 7) is 7.49. The molecule has 4 heterocycles. The standard InChI is InChI=1S/C35H49F3N8O/c1-34(2,39)32-10-8-28(21-42-32)40-14-5-6-29-19-26-18-25(7-9-31(26)46(29)24-35(36,37)38)20-41-27-11-16-45(17-12-27)33(47)23-44-15-13-30(22-44)43(3)4/h7-8,10,18-19,21,27,30-31,40-41H,9,11-17,20,22-24,39H2,1-4H3. The van der Waals surface area contributed by atoms with E-state index in [2.05, 4.69) is 51.4 Å². The van der Waals surface area contributed by atoms with Gasteiger partial charge in [-0.05, 0) is 88.9 Å². The number of nitrogens with zero attached hydrogens (tertiary/aromatic N) is 5. The van der Waals surface area contributed by atoms with Crippen LogP contribution in [0.5, 0.6) is 0 Å². The van der Waals surface area contributed by atoms with Gasteiger partial charge in [-0.2, -0.15) is 13.2 Å². The van der Waals surface area contributed by atoms with Crippen molar-refractivity contribution in [2.45, 2.75) is 69.4 Å². The topological polar surface area (TPSA) is 93.0 Å². The molecule has 0 saturated carbocycles. The van der Waals surface area contributed by atoms with Crippen LogP contribution in [0.2, 0.25) is 0 Å². The number of alkyl halides is 3. The van der Waals surface area contributed by atoms with Crippen molar-refractivity contribution in [1.82, 2.24) is 29.9 Å². The third kappa shape index (κ3) is 9.60. The van der Waals surface area contributed by atoms with Crippen LogP contribution in [0.25, 0.3) is 0 Å². The van der Waals surface area contributed by atoms with Gasteiger partial charge in [0.25, 0.3) is 0 Å². The number of nitrogens with two attached hydrogens (primary N) is 1. The van der Waals surface area contributed by atoms with Crippen LogP contribution in [-0.4, -0.2) is 121 Å². The second-order valence-electron chi connectivity index (χ2n) is 13.9. The van der Waals surface area contributed by atoms with Gasteiger partial charge in [0.1, 0.15) is 6.54 Å². The lowest BCUT2D eigenvalue weighted by Gasteiger charge is -2.34. The van der Waals surface area contributed by atoms with Gasteiger partial charge in [0.05, 0.1) is 47.9 Å². The largest absolute Gasteiger partial charge is 0.405 e. The molecular weight excluding hydrogens is 605 g/mol. The molecule has 1 amide bonds. The number of amides is 1. The average Bonchev–Trinajstić information content (AvgIpc) is 3.62. The minimum Gasteiger partial charge on any atom is -0.373 e. The number of aromatic nitrogens is 1. The summed E-state index contributed by atoms with van der Waals surface area (Å²) in [5.41, 5.74) is 9.36. The molecule has 4 N–H and O–H groups in total. The van der Waals surface area contributed by atoms with Crippen molar-refractivity contribution in [3.05, 3.63) is 59.1 Å². The van der Waals surface area contributed by atoms with Crippen molar-refractivity contribution in [2.24, 2.45) is 5.73 Å². The molecule has 1 aliphatic carbocycles. The zero-order valence-corrected chi connectivity index (χ0v) is 28.0. The highest BCUT2D eigenvalue weighted by atomic mass is 19.4. The molecule has 1 aromatic rings. The number of hydrogen-bond acceptors (Lipinski definition) is 8. The molecule has 0 spiro atoms. The second kappa shape index (κ2) is 14.8. The molecule has 1 aromatic heterocycles. The molecule has 4 aliphatic rings. The maximum atomic E-state index is 13.6. The molecule has 9 nitrogen and oxygen atoms in total. The number of pyridine rings is 1. The fraction of sp³-hybridized carbons (Fsp3) is 0.600. The van der Waals surface area contributed by atoms with Gasteiger partial charge < -0.3 is 31.1 Å². The van der Waals surface area contributed by atoms with Gasteiger partial charge in [-0.25, -0.2) is 0 Å². The van der Waals surface area contributed by atoms with Crippen molar-refractivity contribution < 1.29 is 18.0 Å². The van der Waals surface area contributed by atoms with Crippen LogP contribution in [0.3, 0.4) is 0 Å². The number of anilines is 1. The molecule has 2 unspecified atom stereocenters. The van der Waals surface area contributed by atoms with Gasteiger partial charge in [-0.15, -0.1) is 0 Å². The Morgan fingerprint density at radius 1 is 1.13 bits per heavy atom. The Balaban J connectivity index is 1.11. The normalized spacial score (nSPS) is 22.4. The van der Waals surface area contributed by atoms with Crippen LogP contribution in [-0.2, 0) is 10.3 Å². The lowest BCUT2D eigenvalue weighted by molar-refractivity contribution is -0.143. The highest BCUT2D eigenvalue weighted by Gasteiger charge is 2.39. The molecule has 3 aliphatic heterocycles. The van der Waals surface area contributed by atoms with Gasteiger partial charge in [0.15, 0.2) is 0 Å². The van der Waals surface area contributed by atoms with E-state index < -0.39 is 18.3 Å². The van der Waals surface area contributed by atoms with Crippen LogP contribution >= 0.6 is 0 Å². The summed E-state index contributed by atoms with van der Waals surface area (Å²) < 4.78 is 40.7. The van der Waals surface area contributed by atoms with Gasteiger partial charge >= 0.3 is 6.18 Å². The first kappa shape index (κ1) is 35.0. The van der Waals surface area contributed by atoms with Gasteiger partial charge in [-0.1, -0.05) is 18.1 Å². The minimum atomic E-state index is -4.34. The fourth-order valence-electron chi connectivity index (χ4n) is 6.67. The minimum absolute atomic E-state index is 0.210. The number of hydrogen-bond donors (Lipinski definition) is 3. The molecule has 12 heteroatoms. The quantitative estimate of drug-likeness (QED) is 0.332. The van der Waals surface area contributed by atoms with Crippen molar-refractivity contribution in [3.8, 4) is 11.8 Å². The number of likely N-dealkylation sites (tertiary alicyclic amines) is 2. The van der Waals surface area contributed by atoms with Gasteiger partial charge in [0.2, 0.25) is 5.91 Å². The fourth-order valence-corrected chi connectivity index (χ4v) is 6.67. The first-order valence-electron chi connectivity index (χ1n) is 16.6. The van der Waals surface area contributed by atoms with E-state index in [1.165, 1.54) is 4.90 Å². The summed E-state index contributed by atoms with van der Waals surface area (Å²) in [5, 5.41) is 6.78. The molecule has 2 saturated heterocycles. The molecule has 2 atom stereocenters. The van der Waals surface area contributed by atoms with Crippen LogP contribution in [0, 0.1) is 11.8 Å². The zero-order valence-electron chi connectivity index (χ0n) is 28.0. The van der Waals surface area contributed by atoms with Crippen LogP contribution in [0.4, 0.5) is 18.9 Å². The Morgan fingerprint density at radius 3 is 2.53 bits per heavy atom. The lowest BCUT2D eigenvalue weighted by atomic mass is 9.95. The summed E-state index contributed by atoms with van der Waals surface area (Å²) in [4.78, 5) is 25.1. The number of allylic oxidation sites excluding steroid dienone is 1. The summed E-state index contributed by atoms with van der Waals surface area (Å²) >= 11 is 0. The summed E-state index contributed by atoms with van der Waals surface area (Å²) in [6.07, 6.45) is 6.52. The van der Waals surface area contributed by atoms with E-state index in [0.717, 1.165) is 68.0 Å². The van der Waals surface area contributed by atoms with Crippen molar-refractivity contribution in [2.75, 3.05) is 71.8 Å². The Labute approximate surface area is 277 Å². The van der Waals surface area contributed by atoms with E-state index in [0.29, 0.717) is 37.3 Å². The molecule has 256 valence electrons. The smallest absolute Gasteiger partial charge is 0.373 e. The summed E-state index contributed by atoms with van der Waals surface area (Å²) in [6, 6.07) is 4.14. The Morgan fingerprint density at radius 2 is 1.89 bits per heavy atom. The van der Waals surface area contributed by atoms with Gasteiger partial charge in [-0.3, -0.25) is 14.7 Å². The monoisotopic (exact) mass is 654 g/mol. The maximum Gasteiger partial charge on any atom is 0.405 e. The number of nitrogens with one attached hydrogen (secondary N) is 2. The molecular formula is C35H49F3N8O. The Hall–Kier alpha value is -3.37. The van der Waals surface area contributed by atoms with Crippen LogP contribution in [0.1, 0.15) is 45.2 Å². The molecule has 0 bridgehead atoms. The number of piperidine rings is 1. The van der Waals surface area contributed by atoms with Crippen molar-refractivity contribution >= 4 is 11.6 Å². The van der Waals surface area contributed by atoms with E-state index >= 15 is 0 Å². The molecule has 0 radical (unpaired) electrons. The Kier molecular flexibility index (Phi) is 11.0. The highest BCUT2D eigenvalue weighted by Crippen LogP contribution is 2.35. The molecule has 2 fully saturated rings. The van der Waals surface area contributed by atoms with E-state index in [1.807, 2.05) is 43.0 Å². The second-order valence-corrected chi connectivity index (χ2v) is 13.9. The van der Waals surface area contributed by atoms with Crippen molar-refractivity contribution in [1.29, 1.82) is 0 Å². The number of fused-ring (bicyclic) bond motifs is 1. The van der Waals surface area contributed by atoms with E-state index in [-0.39, 0.29) is 18.5 Å². The zero-order chi connectivity index (χ0) is 33.8. The number of carbonyl (C=O) groups excluding carboxylic acids is 1. The third-order valence-corrected chi connectivity index (χ3v) is 9.48. The average molecular weight is 655 g/mol. The Bertz CT molecular complexity index is 1410. The number of halogens is 3. The number of likely N-dealkylation sites (N-methyl/N-ethyl adjacent to an activating group) is 1.